The Labute approximate surface area is 97.6 Å². The zero-order chi connectivity index (χ0) is 12.8. The molecule has 0 aromatic heterocycles. The van der Waals surface area contributed by atoms with E-state index in [-0.39, 0.29) is 0 Å². The number of esters is 1. The molecule has 6 heteroatoms. The van der Waals surface area contributed by atoms with Crippen molar-refractivity contribution in [3.8, 4) is 5.75 Å². The average Bonchev–Trinajstić information content (AvgIpc) is 2.35. The standard InChI is InChI=1S/C11H11NO5/c1-16-9-5-3-8(4-6-9)7-10(12(14)15)11(13)17-2/h3-7H,1-2H3/b10-7-. The summed E-state index contributed by atoms with van der Waals surface area (Å²) < 4.78 is 9.26. The second-order valence-corrected chi connectivity index (χ2v) is 3.05. The van der Waals surface area contributed by atoms with Crippen molar-refractivity contribution in [3.05, 3.63) is 45.6 Å². The third-order valence-electron chi connectivity index (χ3n) is 2.01. The molecule has 0 unspecified atom stereocenters. The topological polar surface area (TPSA) is 78.7 Å². The smallest absolute Gasteiger partial charge is 0.409 e. The Morgan fingerprint density at radius 2 is 1.88 bits per heavy atom. The summed E-state index contributed by atoms with van der Waals surface area (Å²) in [7, 11) is 2.61. The van der Waals surface area contributed by atoms with Crippen molar-refractivity contribution in [2.45, 2.75) is 0 Å². The van der Waals surface area contributed by atoms with E-state index < -0.39 is 16.6 Å². The molecule has 0 saturated carbocycles. The second-order valence-electron chi connectivity index (χ2n) is 3.05. The van der Waals surface area contributed by atoms with E-state index in [1.807, 2.05) is 0 Å². The number of nitro groups is 1. The summed E-state index contributed by atoms with van der Waals surface area (Å²) in [5.41, 5.74) is -0.0967. The number of rotatable bonds is 4. The second kappa shape index (κ2) is 5.64. The van der Waals surface area contributed by atoms with Gasteiger partial charge in [-0.1, -0.05) is 12.1 Å². The van der Waals surface area contributed by atoms with Gasteiger partial charge in [-0.15, -0.1) is 0 Å². The van der Waals surface area contributed by atoms with Gasteiger partial charge in [0.25, 0.3) is 0 Å². The van der Waals surface area contributed by atoms with Gasteiger partial charge in [0, 0.05) is 6.08 Å². The van der Waals surface area contributed by atoms with Gasteiger partial charge in [-0.05, 0) is 17.7 Å². The number of hydrogen-bond donors (Lipinski definition) is 0. The van der Waals surface area contributed by atoms with Crippen LogP contribution in [0.1, 0.15) is 5.56 Å². The molecule has 0 saturated heterocycles. The maximum atomic E-state index is 11.1. The van der Waals surface area contributed by atoms with Crippen molar-refractivity contribution >= 4 is 12.0 Å². The van der Waals surface area contributed by atoms with Crippen LogP contribution in [0, 0.1) is 10.1 Å². The molecule has 0 aliphatic carbocycles. The average molecular weight is 237 g/mol. The van der Waals surface area contributed by atoms with E-state index in [4.69, 9.17) is 4.74 Å². The van der Waals surface area contributed by atoms with Crippen molar-refractivity contribution < 1.29 is 19.2 Å². The molecule has 0 aliphatic rings. The molecule has 6 nitrogen and oxygen atoms in total. The zero-order valence-corrected chi connectivity index (χ0v) is 9.38. The summed E-state index contributed by atoms with van der Waals surface area (Å²) in [6, 6.07) is 6.48. The third-order valence-corrected chi connectivity index (χ3v) is 2.01. The van der Waals surface area contributed by atoms with Gasteiger partial charge in [-0.3, -0.25) is 10.1 Å². The van der Waals surface area contributed by atoms with Gasteiger partial charge in [0.1, 0.15) is 5.75 Å². The van der Waals surface area contributed by atoms with Gasteiger partial charge in [0.2, 0.25) is 0 Å². The summed E-state index contributed by atoms with van der Waals surface area (Å²) in [5.74, 6) is -0.353. The highest BCUT2D eigenvalue weighted by Gasteiger charge is 2.22. The molecule has 1 aromatic rings. The Bertz CT molecular complexity index is 449. The number of nitrogens with zero attached hydrogens (tertiary/aromatic N) is 1. The highest BCUT2D eigenvalue weighted by Crippen LogP contribution is 2.14. The van der Waals surface area contributed by atoms with Gasteiger partial charge in [-0.2, -0.15) is 0 Å². The molecule has 0 spiro atoms. The molecular weight excluding hydrogens is 226 g/mol. The Balaban J connectivity index is 3.04. The predicted octanol–water partition coefficient (Wildman–Crippen LogP) is 1.49. The van der Waals surface area contributed by atoms with Gasteiger partial charge in [-0.25, -0.2) is 4.79 Å². The monoisotopic (exact) mass is 237 g/mol. The van der Waals surface area contributed by atoms with Crippen LogP contribution in [0.3, 0.4) is 0 Å². The molecule has 0 fully saturated rings. The van der Waals surface area contributed by atoms with Gasteiger partial charge < -0.3 is 9.47 Å². The van der Waals surface area contributed by atoms with E-state index in [9.17, 15) is 14.9 Å². The van der Waals surface area contributed by atoms with E-state index in [0.29, 0.717) is 11.3 Å². The largest absolute Gasteiger partial charge is 0.497 e. The van der Waals surface area contributed by atoms with Crippen LogP contribution in [0.25, 0.3) is 6.08 Å². The summed E-state index contributed by atoms with van der Waals surface area (Å²) >= 11 is 0. The van der Waals surface area contributed by atoms with E-state index in [0.717, 1.165) is 13.2 Å². The molecule has 0 aliphatic heterocycles. The van der Waals surface area contributed by atoms with Crippen molar-refractivity contribution in [2.24, 2.45) is 0 Å². The fourth-order valence-electron chi connectivity index (χ4n) is 1.15. The number of carbonyl (C=O) groups is 1. The number of hydrogen-bond acceptors (Lipinski definition) is 5. The number of carbonyl (C=O) groups excluding carboxylic acids is 1. The summed E-state index contributed by atoms with van der Waals surface area (Å²) in [6.45, 7) is 0. The summed E-state index contributed by atoms with van der Waals surface area (Å²) in [4.78, 5) is 21.0. The van der Waals surface area contributed by atoms with E-state index in [1.165, 1.54) is 7.11 Å². The van der Waals surface area contributed by atoms with Gasteiger partial charge >= 0.3 is 11.7 Å². The van der Waals surface area contributed by atoms with E-state index in [1.54, 1.807) is 24.3 Å². The SMILES string of the molecule is COC(=O)/C(=C/c1ccc(OC)cc1)[N+](=O)[O-]. The fraction of sp³-hybridized carbons (Fsp3) is 0.182. The lowest BCUT2D eigenvalue weighted by molar-refractivity contribution is -0.419. The Hall–Kier alpha value is -2.37. The van der Waals surface area contributed by atoms with Crippen LogP contribution in [0.5, 0.6) is 5.75 Å². The first-order chi connectivity index (χ1) is 8.08. The first-order valence-electron chi connectivity index (χ1n) is 4.67. The van der Waals surface area contributed by atoms with Crippen LogP contribution in [-0.4, -0.2) is 25.1 Å². The lowest BCUT2D eigenvalue weighted by Gasteiger charge is -2.00. The van der Waals surface area contributed by atoms with E-state index in [2.05, 4.69) is 4.74 Å². The first-order valence-corrected chi connectivity index (χ1v) is 4.67. The number of ether oxygens (including phenoxy) is 2. The number of methoxy groups -OCH3 is 2. The fourth-order valence-corrected chi connectivity index (χ4v) is 1.15. The molecule has 0 N–H and O–H groups in total. The molecule has 1 aromatic carbocycles. The molecular formula is C11H11NO5. The van der Waals surface area contributed by atoms with Crippen molar-refractivity contribution in [1.29, 1.82) is 0 Å². The highest BCUT2D eigenvalue weighted by molar-refractivity contribution is 5.90. The van der Waals surface area contributed by atoms with Crippen LogP contribution in [0.4, 0.5) is 0 Å². The van der Waals surface area contributed by atoms with Gasteiger partial charge in [0.15, 0.2) is 0 Å². The Morgan fingerprint density at radius 1 is 1.29 bits per heavy atom. The molecule has 17 heavy (non-hydrogen) atoms. The third kappa shape index (κ3) is 3.30. The highest BCUT2D eigenvalue weighted by atomic mass is 16.6. The maximum absolute atomic E-state index is 11.1. The van der Waals surface area contributed by atoms with Crippen LogP contribution in [0.2, 0.25) is 0 Å². The van der Waals surface area contributed by atoms with Crippen LogP contribution in [0.15, 0.2) is 30.0 Å². The predicted molar refractivity (Wildman–Crippen MR) is 60.0 cm³/mol. The zero-order valence-electron chi connectivity index (χ0n) is 9.38. The lowest BCUT2D eigenvalue weighted by Crippen LogP contribution is -2.12. The molecule has 0 bridgehead atoms. The Kier molecular flexibility index (Phi) is 4.21. The van der Waals surface area contributed by atoms with Gasteiger partial charge in [0.05, 0.1) is 19.1 Å². The van der Waals surface area contributed by atoms with Crippen LogP contribution >= 0.6 is 0 Å². The first kappa shape index (κ1) is 12.7. The minimum absolute atomic E-state index is 0.517. The van der Waals surface area contributed by atoms with E-state index >= 15 is 0 Å². The molecule has 1 rings (SSSR count). The van der Waals surface area contributed by atoms with Crippen molar-refractivity contribution in [2.75, 3.05) is 14.2 Å². The summed E-state index contributed by atoms with van der Waals surface area (Å²) in [5, 5.41) is 10.6. The van der Waals surface area contributed by atoms with Crippen molar-refractivity contribution in [1.82, 2.24) is 0 Å². The van der Waals surface area contributed by atoms with Crippen molar-refractivity contribution in [3.63, 3.8) is 0 Å². The van der Waals surface area contributed by atoms with Crippen LogP contribution in [-0.2, 0) is 9.53 Å². The minimum atomic E-state index is -0.981. The normalized spacial score (nSPS) is 10.8. The number of benzene rings is 1. The molecule has 0 radical (unpaired) electrons. The minimum Gasteiger partial charge on any atom is -0.497 e. The maximum Gasteiger partial charge on any atom is 0.409 e. The molecule has 0 amide bonds. The lowest BCUT2D eigenvalue weighted by atomic mass is 10.2. The Morgan fingerprint density at radius 3 is 2.29 bits per heavy atom. The van der Waals surface area contributed by atoms with Crippen LogP contribution < -0.4 is 4.74 Å². The molecule has 90 valence electrons. The molecule has 0 atom stereocenters. The summed E-state index contributed by atoms with van der Waals surface area (Å²) in [6.07, 6.45) is 1.14. The molecule has 0 heterocycles. The quantitative estimate of drug-likeness (QED) is 0.343.